The zero-order chi connectivity index (χ0) is 17.5. The van der Waals surface area contributed by atoms with E-state index in [9.17, 15) is 14.4 Å². The maximum absolute atomic E-state index is 11.9. The molecule has 1 aromatic carbocycles. The van der Waals surface area contributed by atoms with Crippen molar-refractivity contribution in [3.05, 3.63) is 29.8 Å². The molecule has 1 aliphatic rings. The summed E-state index contributed by atoms with van der Waals surface area (Å²) in [7, 11) is 0. The van der Waals surface area contributed by atoms with Gasteiger partial charge in [0.2, 0.25) is 11.8 Å². The first-order chi connectivity index (χ1) is 11.5. The molecule has 1 aromatic rings. The predicted molar refractivity (Wildman–Crippen MR) is 90.8 cm³/mol. The zero-order valence-electron chi connectivity index (χ0n) is 14.2. The lowest BCUT2D eigenvalue weighted by molar-refractivity contribution is -0.127. The van der Waals surface area contributed by atoms with Gasteiger partial charge < -0.3 is 15.0 Å². The van der Waals surface area contributed by atoms with Crippen molar-refractivity contribution < 1.29 is 19.1 Å². The highest BCUT2D eigenvalue weighted by molar-refractivity contribution is 5.93. The molecule has 0 aliphatic heterocycles. The van der Waals surface area contributed by atoms with Crippen LogP contribution < -0.4 is 10.2 Å². The second-order valence-corrected chi connectivity index (χ2v) is 5.86. The molecule has 0 unspecified atom stereocenters. The third kappa shape index (κ3) is 4.57. The summed E-state index contributed by atoms with van der Waals surface area (Å²) in [6.07, 6.45) is 3.03. The minimum atomic E-state index is -0.383. The van der Waals surface area contributed by atoms with Gasteiger partial charge >= 0.3 is 5.97 Å². The van der Waals surface area contributed by atoms with Gasteiger partial charge in [0.15, 0.2) is 0 Å². The molecule has 1 aliphatic carbocycles. The number of nitrogens with one attached hydrogen (secondary N) is 1. The van der Waals surface area contributed by atoms with Gasteiger partial charge in [0.1, 0.15) is 0 Å². The third-order valence-electron chi connectivity index (χ3n) is 4.18. The number of rotatable bonds is 7. The Morgan fingerprint density at radius 2 is 1.88 bits per heavy atom. The number of ether oxygens (including phenoxy) is 1. The number of carbonyl (C=O) groups is 3. The first kappa shape index (κ1) is 18.0. The number of nitrogens with zero attached hydrogens (tertiary/aromatic N) is 1. The van der Waals surface area contributed by atoms with Crippen LogP contribution in [0.1, 0.15) is 43.5 Å². The maximum atomic E-state index is 11.9. The van der Waals surface area contributed by atoms with Crippen molar-refractivity contribution in [1.82, 2.24) is 5.32 Å². The number of hydrogen-bond acceptors (Lipinski definition) is 4. The van der Waals surface area contributed by atoms with E-state index in [0.717, 1.165) is 19.3 Å². The Hall–Kier alpha value is -2.37. The van der Waals surface area contributed by atoms with Gasteiger partial charge in [0.25, 0.3) is 0 Å². The Bertz CT molecular complexity index is 594. The molecule has 0 aromatic heterocycles. The van der Waals surface area contributed by atoms with E-state index >= 15 is 0 Å². The number of esters is 1. The molecule has 6 heteroatoms. The normalized spacial score (nSPS) is 13.8. The molecule has 130 valence electrons. The summed E-state index contributed by atoms with van der Waals surface area (Å²) in [4.78, 5) is 36.9. The van der Waals surface area contributed by atoms with Gasteiger partial charge in [-0.25, -0.2) is 4.79 Å². The molecular weight excluding hydrogens is 308 g/mol. The monoisotopic (exact) mass is 332 g/mol. The largest absolute Gasteiger partial charge is 0.462 e. The molecule has 1 fully saturated rings. The number of benzene rings is 1. The molecule has 24 heavy (non-hydrogen) atoms. The fourth-order valence-corrected chi connectivity index (χ4v) is 2.57. The summed E-state index contributed by atoms with van der Waals surface area (Å²) in [5, 5.41) is 2.88. The Balaban J connectivity index is 1.92. The number of carbonyl (C=O) groups excluding carboxylic acids is 3. The first-order valence-corrected chi connectivity index (χ1v) is 8.36. The van der Waals surface area contributed by atoms with Crippen molar-refractivity contribution in [2.75, 3.05) is 24.6 Å². The van der Waals surface area contributed by atoms with Crippen molar-refractivity contribution in [3.63, 3.8) is 0 Å². The number of amides is 2. The van der Waals surface area contributed by atoms with Crippen LogP contribution >= 0.6 is 0 Å². The fraction of sp³-hybridized carbons (Fsp3) is 0.500. The van der Waals surface area contributed by atoms with Crippen molar-refractivity contribution in [2.45, 2.75) is 33.1 Å². The van der Waals surface area contributed by atoms with Crippen LogP contribution in [-0.4, -0.2) is 37.5 Å². The van der Waals surface area contributed by atoms with E-state index in [1.54, 1.807) is 36.1 Å². The molecule has 1 N–H and O–H groups in total. The summed E-state index contributed by atoms with van der Waals surface area (Å²) in [5.74, 6) is -0.287. The maximum Gasteiger partial charge on any atom is 0.338 e. The number of anilines is 1. The molecule has 0 atom stereocenters. The standard InChI is InChI=1S/C18H24N2O4/c1-3-24-18(23)15-7-9-16(10-8-15)20(13(2)21)12-11-19-17(22)14-5-4-6-14/h7-10,14H,3-6,11-12H2,1-2H3,(H,19,22). The lowest BCUT2D eigenvalue weighted by Gasteiger charge is -2.26. The minimum Gasteiger partial charge on any atom is -0.462 e. The summed E-state index contributed by atoms with van der Waals surface area (Å²) in [6, 6.07) is 6.69. The van der Waals surface area contributed by atoms with E-state index in [0.29, 0.717) is 30.9 Å². The highest BCUT2D eigenvalue weighted by Gasteiger charge is 2.24. The van der Waals surface area contributed by atoms with Crippen molar-refractivity contribution >= 4 is 23.5 Å². The molecule has 1 saturated carbocycles. The van der Waals surface area contributed by atoms with Gasteiger partial charge in [-0.15, -0.1) is 0 Å². The molecule has 0 radical (unpaired) electrons. The Labute approximate surface area is 142 Å². The van der Waals surface area contributed by atoms with E-state index in [1.807, 2.05) is 0 Å². The summed E-state index contributed by atoms with van der Waals surface area (Å²) in [5.41, 5.74) is 1.14. The van der Waals surface area contributed by atoms with Crippen LogP contribution in [0.25, 0.3) is 0 Å². The van der Waals surface area contributed by atoms with E-state index in [2.05, 4.69) is 5.32 Å². The molecular formula is C18H24N2O4. The van der Waals surface area contributed by atoms with Crippen LogP contribution in [0.5, 0.6) is 0 Å². The summed E-state index contributed by atoms with van der Waals surface area (Å²) < 4.78 is 4.94. The van der Waals surface area contributed by atoms with Crippen molar-refractivity contribution in [2.24, 2.45) is 5.92 Å². The molecule has 0 bridgehead atoms. The third-order valence-corrected chi connectivity index (χ3v) is 4.18. The van der Waals surface area contributed by atoms with E-state index in [4.69, 9.17) is 4.74 Å². The second-order valence-electron chi connectivity index (χ2n) is 5.86. The van der Waals surface area contributed by atoms with E-state index < -0.39 is 0 Å². The predicted octanol–water partition coefficient (Wildman–Crippen LogP) is 2.13. The highest BCUT2D eigenvalue weighted by Crippen LogP contribution is 2.26. The topological polar surface area (TPSA) is 75.7 Å². The quantitative estimate of drug-likeness (QED) is 0.776. The molecule has 0 heterocycles. The van der Waals surface area contributed by atoms with Crippen LogP contribution in [0.2, 0.25) is 0 Å². The van der Waals surface area contributed by atoms with Crippen LogP contribution in [-0.2, 0) is 14.3 Å². The van der Waals surface area contributed by atoms with Crippen LogP contribution in [0.15, 0.2) is 24.3 Å². The minimum absolute atomic E-state index is 0.0717. The van der Waals surface area contributed by atoms with Crippen LogP contribution in [0.4, 0.5) is 5.69 Å². The van der Waals surface area contributed by atoms with Gasteiger partial charge in [-0.2, -0.15) is 0 Å². The number of hydrogen-bond donors (Lipinski definition) is 1. The first-order valence-electron chi connectivity index (χ1n) is 8.36. The van der Waals surface area contributed by atoms with Gasteiger partial charge in [0, 0.05) is 31.6 Å². The second kappa shape index (κ2) is 8.47. The molecule has 2 rings (SSSR count). The molecule has 0 spiro atoms. The van der Waals surface area contributed by atoms with E-state index in [-0.39, 0.29) is 23.7 Å². The SMILES string of the molecule is CCOC(=O)c1ccc(N(CCNC(=O)C2CCC2)C(C)=O)cc1. The Morgan fingerprint density at radius 3 is 2.38 bits per heavy atom. The zero-order valence-corrected chi connectivity index (χ0v) is 14.2. The summed E-state index contributed by atoms with van der Waals surface area (Å²) >= 11 is 0. The Morgan fingerprint density at radius 1 is 1.21 bits per heavy atom. The lowest BCUT2D eigenvalue weighted by atomic mass is 9.85. The molecule has 0 saturated heterocycles. The van der Waals surface area contributed by atoms with Crippen molar-refractivity contribution in [3.8, 4) is 0 Å². The van der Waals surface area contributed by atoms with Crippen LogP contribution in [0.3, 0.4) is 0 Å². The average molecular weight is 332 g/mol. The van der Waals surface area contributed by atoms with Crippen molar-refractivity contribution in [1.29, 1.82) is 0 Å². The molecule has 6 nitrogen and oxygen atoms in total. The van der Waals surface area contributed by atoms with Gasteiger partial charge in [0.05, 0.1) is 12.2 Å². The smallest absolute Gasteiger partial charge is 0.338 e. The van der Waals surface area contributed by atoms with Crippen LogP contribution in [0, 0.1) is 5.92 Å². The van der Waals surface area contributed by atoms with E-state index in [1.165, 1.54) is 6.92 Å². The average Bonchev–Trinajstić information content (AvgIpc) is 2.50. The highest BCUT2D eigenvalue weighted by atomic mass is 16.5. The van der Waals surface area contributed by atoms with Gasteiger partial charge in [-0.3, -0.25) is 9.59 Å². The lowest BCUT2D eigenvalue weighted by Crippen LogP contribution is -2.41. The Kier molecular flexibility index (Phi) is 6.35. The summed E-state index contributed by atoms with van der Waals surface area (Å²) in [6.45, 7) is 4.36. The molecule has 2 amide bonds. The van der Waals surface area contributed by atoms with Gasteiger partial charge in [-0.05, 0) is 44.0 Å². The van der Waals surface area contributed by atoms with Gasteiger partial charge in [-0.1, -0.05) is 6.42 Å². The fourth-order valence-electron chi connectivity index (χ4n) is 2.57.